The number of aromatic hydroxyl groups is 5. The van der Waals surface area contributed by atoms with E-state index in [0.29, 0.717) is 53.2 Å². The van der Waals surface area contributed by atoms with Crippen molar-refractivity contribution < 1.29 is 79.3 Å². The number of carboxylic acid groups (broad SMARTS) is 4. The molecule has 1 aliphatic heterocycles. The molecule has 4 aromatic carbocycles. The molecular formula is C38H40O16. The molecule has 16 nitrogen and oxygen atoms in total. The first-order valence-electron chi connectivity index (χ1n) is 15.8. The van der Waals surface area contributed by atoms with Gasteiger partial charge in [-0.2, -0.15) is 0 Å². The minimum atomic E-state index is -1.06. The summed E-state index contributed by atoms with van der Waals surface area (Å²) < 4.78 is 15.5. The van der Waals surface area contributed by atoms with Gasteiger partial charge in [0, 0.05) is 30.9 Å². The van der Waals surface area contributed by atoms with E-state index in [1.807, 2.05) is 0 Å². The normalized spacial score (nSPS) is 12.2. The first-order valence-corrected chi connectivity index (χ1v) is 15.8. The van der Waals surface area contributed by atoms with Crippen molar-refractivity contribution >= 4 is 30.5 Å². The van der Waals surface area contributed by atoms with Gasteiger partial charge in [-0.3, -0.25) is 14.4 Å². The Labute approximate surface area is 308 Å². The summed E-state index contributed by atoms with van der Waals surface area (Å²) in [7, 11) is 2.93. The summed E-state index contributed by atoms with van der Waals surface area (Å²) in [6.07, 6.45) is 3.37. The molecule has 4 aromatic rings. The molecule has 1 aliphatic rings. The zero-order valence-electron chi connectivity index (χ0n) is 29.1. The molecule has 0 aliphatic carbocycles. The third-order valence-electron chi connectivity index (χ3n) is 7.44. The molecule has 0 amide bonds. The summed E-state index contributed by atoms with van der Waals surface area (Å²) in [5.41, 5.74) is 3.55. The number of ether oxygens (including phenoxy) is 3. The summed E-state index contributed by atoms with van der Waals surface area (Å²) >= 11 is 0. The molecule has 54 heavy (non-hydrogen) atoms. The van der Waals surface area contributed by atoms with Gasteiger partial charge in [-0.1, -0.05) is 24.3 Å². The largest absolute Gasteiger partial charge is 0.504 e. The van der Waals surface area contributed by atoms with Crippen LogP contribution in [0.1, 0.15) is 46.8 Å². The topological polar surface area (TPSA) is 278 Å². The zero-order chi connectivity index (χ0) is 40.4. The molecule has 1 atom stereocenters. The van der Waals surface area contributed by atoms with Gasteiger partial charge in [0.15, 0.2) is 46.0 Å². The SMILES string of the molecule is COc1ccc(CCC(=O)O)cc1O.COc1ccc(CCC(=O)O)cc1O.O=C(O)/C=C/c1ccc(O)c2c1CC(c1ccc(O)c(O)c1)O2.O=CO. The van der Waals surface area contributed by atoms with Gasteiger partial charge in [-0.15, -0.1) is 0 Å². The second kappa shape index (κ2) is 21.3. The molecule has 0 saturated carbocycles. The van der Waals surface area contributed by atoms with Crippen LogP contribution in [-0.4, -0.2) is 84.6 Å². The maximum atomic E-state index is 10.7. The third kappa shape index (κ3) is 13.6. The second-order valence-electron chi connectivity index (χ2n) is 11.1. The first-order chi connectivity index (χ1) is 25.6. The number of phenolic OH excluding ortho intramolecular Hbond substituents is 5. The molecule has 0 saturated heterocycles. The van der Waals surface area contributed by atoms with E-state index in [1.165, 1.54) is 50.6 Å². The predicted octanol–water partition coefficient (Wildman–Crippen LogP) is 5.11. The van der Waals surface area contributed by atoms with E-state index < -0.39 is 24.0 Å². The van der Waals surface area contributed by atoms with Crippen molar-refractivity contribution in [1.29, 1.82) is 0 Å². The number of methoxy groups -OCH3 is 2. The summed E-state index contributed by atoms with van der Waals surface area (Å²) in [4.78, 5) is 39.6. The van der Waals surface area contributed by atoms with Crippen molar-refractivity contribution in [1.82, 2.24) is 0 Å². The van der Waals surface area contributed by atoms with Crippen LogP contribution >= 0.6 is 0 Å². The lowest BCUT2D eigenvalue weighted by Crippen LogP contribution is -2.02. The smallest absolute Gasteiger partial charge is 0.328 e. The van der Waals surface area contributed by atoms with Crippen LogP contribution in [-0.2, 0) is 38.4 Å². The van der Waals surface area contributed by atoms with Crippen molar-refractivity contribution in [2.75, 3.05) is 14.2 Å². The minimum Gasteiger partial charge on any atom is -0.504 e. The van der Waals surface area contributed by atoms with Crippen LogP contribution in [0.2, 0.25) is 0 Å². The average Bonchev–Trinajstić information content (AvgIpc) is 3.58. The number of phenols is 5. The number of aryl methyl sites for hydroxylation is 2. The lowest BCUT2D eigenvalue weighted by molar-refractivity contribution is -0.138. The van der Waals surface area contributed by atoms with E-state index >= 15 is 0 Å². The fourth-order valence-corrected chi connectivity index (χ4v) is 4.87. The molecule has 16 heteroatoms. The average molecular weight is 753 g/mol. The van der Waals surface area contributed by atoms with Crippen molar-refractivity contribution in [2.45, 2.75) is 38.2 Å². The van der Waals surface area contributed by atoms with E-state index in [1.54, 1.807) is 36.4 Å². The molecule has 0 aromatic heterocycles. The number of hydrogen-bond donors (Lipinski definition) is 9. The quantitative estimate of drug-likeness (QED) is 0.0546. The van der Waals surface area contributed by atoms with Crippen LogP contribution in [0.4, 0.5) is 0 Å². The molecule has 0 fully saturated rings. The van der Waals surface area contributed by atoms with Gasteiger partial charge in [0.2, 0.25) is 0 Å². The van der Waals surface area contributed by atoms with Crippen LogP contribution in [0.5, 0.6) is 46.0 Å². The third-order valence-corrected chi connectivity index (χ3v) is 7.44. The van der Waals surface area contributed by atoms with E-state index in [4.69, 9.17) is 39.4 Å². The van der Waals surface area contributed by atoms with Crippen LogP contribution in [0.3, 0.4) is 0 Å². The number of rotatable bonds is 11. The Kier molecular flexibility index (Phi) is 17.0. The molecule has 1 heterocycles. The number of carboxylic acids is 3. The van der Waals surface area contributed by atoms with Gasteiger partial charge in [0.25, 0.3) is 6.47 Å². The lowest BCUT2D eigenvalue weighted by Gasteiger charge is -2.12. The standard InChI is InChI=1S/C17H14O6.2C10H12O4.CH2O2/c18-12-4-2-10(7-14(12)20)15-8-11-9(3-6-16(21)22)1-5-13(19)17(11)23-15;2*1-14-9-4-2-7(6-8(9)11)3-5-10(12)13;2-1-3/h1-7,15,18-20H,8H2,(H,21,22);2*2,4,6,11H,3,5H2,1H3,(H,12,13);1H,(H,2,3)/b6-3+;;;. The van der Waals surface area contributed by atoms with E-state index in [2.05, 4.69) is 0 Å². The van der Waals surface area contributed by atoms with Gasteiger partial charge in [0.1, 0.15) is 6.10 Å². The molecule has 0 spiro atoms. The maximum Gasteiger partial charge on any atom is 0.328 e. The number of hydrogen-bond acceptors (Lipinski definition) is 12. The highest BCUT2D eigenvalue weighted by molar-refractivity contribution is 5.86. The molecule has 1 unspecified atom stereocenters. The Bertz CT molecular complexity index is 1870. The molecule has 0 radical (unpaired) electrons. The fourth-order valence-electron chi connectivity index (χ4n) is 4.87. The molecule has 0 bridgehead atoms. The van der Waals surface area contributed by atoms with Crippen LogP contribution in [0.15, 0.2) is 72.8 Å². The van der Waals surface area contributed by atoms with Crippen LogP contribution in [0.25, 0.3) is 6.08 Å². The lowest BCUT2D eigenvalue weighted by atomic mass is 9.98. The van der Waals surface area contributed by atoms with Crippen molar-refractivity contribution in [3.05, 3.63) is 101 Å². The van der Waals surface area contributed by atoms with E-state index in [-0.39, 0.29) is 48.1 Å². The van der Waals surface area contributed by atoms with Crippen molar-refractivity contribution in [2.24, 2.45) is 0 Å². The Morgan fingerprint density at radius 3 is 1.63 bits per heavy atom. The highest BCUT2D eigenvalue weighted by Gasteiger charge is 2.29. The maximum absolute atomic E-state index is 10.7. The highest BCUT2D eigenvalue weighted by Crippen LogP contribution is 2.45. The number of benzene rings is 4. The van der Waals surface area contributed by atoms with Gasteiger partial charge in [-0.05, 0) is 83.6 Å². The van der Waals surface area contributed by atoms with Crippen molar-refractivity contribution in [3.8, 4) is 46.0 Å². The predicted molar refractivity (Wildman–Crippen MR) is 192 cm³/mol. The van der Waals surface area contributed by atoms with Crippen molar-refractivity contribution in [3.63, 3.8) is 0 Å². The summed E-state index contributed by atoms with van der Waals surface area (Å²) in [5, 5.41) is 80.2. The van der Waals surface area contributed by atoms with Gasteiger partial charge in [-0.25, -0.2) is 4.79 Å². The molecular weight excluding hydrogens is 712 g/mol. The number of carbonyl (C=O) groups is 4. The highest BCUT2D eigenvalue weighted by atomic mass is 16.5. The fraction of sp³-hybridized carbons (Fsp3) is 0.211. The summed E-state index contributed by atoms with van der Waals surface area (Å²) in [5.74, 6) is -2.10. The van der Waals surface area contributed by atoms with Crippen LogP contribution in [0, 0.1) is 0 Å². The Morgan fingerprint density at radius 1 is 0.704 bits per heavy atom. The molecule has 9 N–H and O–H groups in total. The van der Waals surface area contributed by atoms with Gasteiger partial charge in [0.05, 0.1) is 14.2 Å². The Morgan fingerprint density at radius 2 is 1.20 bits per heavy atom. The van der Waals surface area contributed by atoms with Crippen LogP contribution < -0.4 is 14.2 Å². The van der Waals surface area contributed by atoms with E-state index in [0.717, 1.165) is 17.2 Å². The molecule has 288 valence electrons. The van der Waals surface area contributed by atoms with Gasteiger partial charge < -0.3 is 60.2 Å². The first kappa shape index (κ1) is 43.1. The number of fused-ring (bicyclic) bond motifs is 1. The number of aliphatic carboxylic acids is 3. The zero-order valence-corrected chi connectivity index (χ0v) is 29.1. The van der Waals surface area contributed by atoms with E-state index in [9.17, 15) is 39.9 Å². The Balaban J connectivity index is 0.000000283. The molecule has 5 rings (SSSR count). The monoisotopic (exact) mass is 752 g/mol. The summed E-state index contributed by atoms with van der Waals surface area (Å²) in [6.45, 7) is -0.250. The Hall–Kier alpha value is -7.10. The summed E-state index contributed by atoms with van der Waals surface area (Å²) in [6, 6.07) is 17.2. The van der Waals surface area contributed by atoms with Gasteiger partial charge >= 0.3 is 17.9 Å². The minimum absolute atomic E-state index is 0.0297. The second-order valence-corrected chi connectivity index (χ2v) is 11.1.